The molecule has 0 saturated carbocycles. The molecular weight excluding hydrogens is 308 g/mol. The van der Waals surface area contributed by atoms with Crippen molar-refractivity contribution in [3.8, 4) is 0 Å². The van der Waals surface area contributed by atoms with Crippen molar-refractivity contribution >= 4 is 31.8 Å². The Morgan fingerprint density at radius 3 is 2.59 bits per heavy atom. The summed E-state index contributed by atoms with van der Waals surface area (Å²) in [7, 11) is -3.70. The molecule has 0 bridgehead atoms. The van der Waals surface area contributed by atoms with Gasteiger partial charge in [0.25, 0.3) is 10.0 Å². The summed E-state index contributed by atoms with van der Waals surface area (Å²) in [6.45, 7) is 1.68. The topological polar surface area (TPSA) is 72.2 Å². The highest BCUT2D eigenvalue weighted by Gasteiger charge is 2.18. The Hall–Kier alpha value is -1.34. The van der Waals surface area contributed by atoms with Gasteiger partial charge in [0.05, 0.1) is 0 Å². The molecule has 2 heterocycles. The zero-order valence-electron chi connectivity index (χ0n) is 8.84. The maximum Gasteiger partial charge on any atom is 0.296 e. The van der Waals surface area contributed by atoms with E-state index in [1.807, 2.05) is 0 Å². The van der Waals surface area contributed by atoms with Crippen LogP contribution in [0.25, 0.3) is 0 Å². The van der Waals surface area contributed by atoms with E-state index in [9.17, 15) is 8.42 Å². The second-order valence-electron chi connectivity index (χ2n) is 3.33. The van der Waals surface area contributed by atoms with Gasteiger partial charge in [-0.25, -0.2) is 4.98 Å². The Kier molecular flexibility index (Phi) is 3.21. The maximum absolute atomic E-state index is 11.8. The van der Waals surface area contributed by atoms with Crippen molar-refractivity contribution in [3.63, 3.8) is 0 Å². The first-order valence-corrected chi connectivity index (χ1v) is 6.96. The van der Waals surface area contributed by atoms with E-state index in [4.69, 9.17) is 4.42 Å². The monoisotopic (exact) mass is 316 g/mol. The van der Waals surface area contributed by atoms with E-state index in [1.54, 1.807) is 25.1 Å². The molecule has 0 aliphatic carbocycles. The van der Waals surface area contributed by atoms with Crippen molar-refractivity contribution in [1.82, 2.24) is 4.98 Å². The third kappa shape index (κ3) is 2.86. The van der Waals surface area contributed by atoms with Crippen molar-refractivity contribution in [2.45, 2.75) is 12.0 Å². The third-order valence-corrected chi connectivity index (χ3v) is 3.64. The van der Waals surface area contributed by atoms with Crippen LogP contribution in [0.2, 0.25) is 0 Å². The fourth-order valence-electron chi connectivity index (χ4n) is 1.18. The van der Waals surface area contributed by atoms with Crippen LogP contribution in [0.4, 0.5) is 5.82 Å². The molecule has 0 aliphatic rings. The highest BCUT2D eigenvalue weighted by atomic mass is 79.9. The van der Waals surface area contributed by atoms with Crippen LogP contribution in [0, 0.1) is 6.92 Å². The molecule has 1 N–H and O–H groups in total. The van der Waals surface area contributed by atoms with Crippen molar-refractivity contribution in [1.29, 1.82) is 0 Å². The van der Waals surface area contributed by atoms with Crippen LogP contribution >= 0.6 is 15.9 Å². The number of sulfonamides is 1. The van der Waals surface area contributed by atoms with Crippen molar-refractivity contribution in [2.24, 2.45) is 0 Å². The van der Waals surface area contributed by atoms with Gasteiger partial charge in [0.2, 0.25) is 5.09 Å². The minimum Gasteiger partial charge on any atom is -0.448 e. The Morgan fingerprint density at radius 1 is 1.29 bits per heavy atom. The summed E-state index contributed by atoms with van der Waals surface area (Å²) in [6, 6.07) is 6.23. The summed E-state index contributed by atoms with van der Waals surface area (Å²) >= 11 is 3.22. The molecule has 2 rings (SSSR count). The fraction of sp³-hybridized carbons (Fsp3) is 0.100. The molecule has 17 heavy (non-hydrogen) atoms. The lowest BCUT2D eigenvalue weighted by Crippen LogP contribution is -2.12. The number of aryl methyl sites for hydroxylation is 1. The number of furan rings is 1. The molecule has 0 spiro atoms. The van der Waals surface area contributed by atoms with Crippen molar-refractivity contribution < 1.29 is 12.8 Å². The quantitative estimate of drug-likeness (QED) is 0.944. The first-order valence-electron chi connectivity index (χ1n) is 4.68. The van der Waals surface area contributed by atoms with E-state index in [0.717, 1.165) is 4.47 Å². The molecule has 0 fully saturated rings. The number of halogens is 1. The summed E-state index contributed by atoms with van der Waals surface area (Å²) in [4.78, 5) is 3.92. The number of aromatic nitrogens is 1. The van der Waals surface area contributed by atoms with Gasteiger partial charge in [-0.2, -0.15) is 8.42 Å². The fourth-order valence-corrected chi connectivity index (χ4v) is 2.40. The van der Waals surface area contributed by atoms with Crippen LogP contribution in [-0.2, 0) is 10.0 Å². The number of nitrogens with one attached hydrogen (secondary N) is 1. The summed E-state index contributed by atoms with van der Waals surface area (Å²) in [6.07, 6.45) is 1.51. The Bertz CT molecular complexity index is 619. The molecule has 0 saturated heterocycles. The maximum atomic E-state index is 11.8. The molecule has 90 valence electrons. The summed E-state index contributed by atoms with van der Waals surface area (Å²) in [5.74, 6) is 0.774. The first kappa shape index (κ1) is 12.1. The van der Waals surface area contributed by atoms with Crippen LogP contribution < -0.4 is 4.72 Å². The van der Waals surface area contributed by atoms with Crippen LogP contribution in [0.3, 0.4) is 0 Å². The lowest BCUT2D eigenvalue weighted by molar-refractivity contribution is 0.430. The Balaban J connectivity index is 2.26. The first-order chi connectivity index (χ1) is 7.97. The van der Waals surface area contributed by atoms with Crippen LogP contribution in [0.15, 0.2) is 44.4 Å². The SMILES string of the molecule is Cc1ccc(S(=O)(=O)Nc2ccc(Br)cn2)o1. The van der Waals surface area contributed by atoms with Gasteiger partial charge in [-0.15, -0.1) is 0 Å². The second-order valence-corrected chi connectivity index (χ2v) is 5.86. The summed E-state index contributed by atoms with van der Waals surface area (Å²) < 4.78 is 31.8. The van der Waals surface area contributed by atoms with Gasteiger partial charge in [0.15, 0.2) is 0 Å². The molecule has 0 unspecified atom stereocenters. The minimum atomic E-state index is -3.70. The average Bonchev–Trinajstić information content (AvgIpc) is 2.69. The molecule has 0 aromatic carbocycles. The molecule has 0 amide bonds. The van der Waals surface area contributed by atoms with Gasteiger partial charge in [-0.05, 0) is 47.1 Å². The summed E-state index contributed by atoms with van der Waals surface area (Å²) in [5.41, 5.74) is 0. The van der Waals surface area contributed by atoms with Crippen molar-refractivity contribution in [2.75, 3.05) is 4.72 Å². The average molecular weight is 317 g/mol. The molecule has 2 aromatic heterocycles. The zero-order chi connectivity index (χ0) is 12.5. The van der Waals surface area contributed by atoms with Crippen molar-refractivity contribution in [3.05, 3.63) is 40.7 Å². The van der Waals surface area contributed by atoms with E-state index in [1.165, 1.54) is 12.3 Å². The molecule has 5 nitrogen and oxygen atoms in total. The van der Waals surface area contributed by atoms with Gasteiger partial charge in [-0.1, -0.05) is 0 Å². The predicted octanol–water partition coefficient (Wildman–Crippen LogP) is 2.55. The lowest BCUT2D eigenvalue weighted by Gasteiger charge is -2.04. The number of pyridine rings is 1. The molecular formula is C10H9BrN2O3S. The van der Waals surface area contributed by atoms with Gasteiger partial charge >= 0.3 is 0 Å². The number of hydrogen-bond acceptors (Lipinski definition) is 4. The van der Waals surface area contributed by atoms with E-state index in [-0.39, 0.29) is 10.9 Å². The van der Waals surface area contributed by atoms with Gasteiger partial charge in [-0.3, -0.25) is 4.72 Å². The number of anilines is 1. The van der Waals surface area contributed by atoms with Gasteiger partial charge < -0.3 is 4.42 Å². The van der Waals surface area contributed by atoms with E-state index in [0.29, 0.717) is 5.76 Å². The van der Waals surface area contributed by atoms with Crippen LogP contribution in [0.5, 0.6) is 0 Å². The lowest BCUT2D eigenvalue weighted by atomic mass is 10.5. The standard InChI is InChI=1S/C10H9BrN2O3S/c1-7-2-5-10(16-7)17(14,15)13-9-4-3-8(11)6-12-9/h2-6H,1H3,(H,12,13). The molecule has 0 aliphatic heterocycles. The summed E-state index contributed by atoms with van der Waals surface area (Å²) in [5, 5.41) is -0.125. The molecule has 0 atom stereocenters. The van der Waals surface area contributed by atoms with E-state index >= 15 is 0 Å². The molecule has 7 heteroatoms. The Morgan fingerprint density at radius 2 is 2.06 bits per heavy atom. The second kappa shape index (κ2) is 4.50. The predicted molar refractivity (Wildman–Crippen MR) is 66.2 cm³/mol. The normalized spacial score (nSPS) is 11.4. The van der Waals surface area contributed by atoms with E-state index < -0.39 is 10.0 Å². The molecule has 0 radical (unpaired) electrons. The number of hydrogen-bond donors (Lipinski definition) is 1. The highest BCUT2D eigenvalue weighted by Crippen LogP contribution is 2.17. The largest absolute Gasteiger partial charge is 0.448 e. The molecule has 2 aromatic rings. The smallest absolute Gasteiger partial charge is 0.296 e. The Labute approximate surface area is 107 Å². The number of nitrogens with zero attached hydrogens (tertiary/aromatic N) is 1. The zero-order valence-corrected chi connectivity index (χ0v) is 11.2. The van der Waals surface area contributed by atoms with E-state index in [2.05, 4.69) is 25.6 Å². The van der Waals surface area contributed by atoms with Crippen LogP contribution in [-0.4, -0.2) is 13.4 Å². The highest BCUT2D eigenvalue weighted by molar-refractivity contribution is 9.10. The van der Waals surface area contributed by atoms with Crippen LogP contribution in [0.1, 0.15) is 5.76 Å². The van der Waals surface area contributed by atoms with Gasteiger partial charge in [0.1, 0.15) is 11.6 Å². The number of rotatable bonds is 3. The van der Waals surface area contributed by atoms with Gasteiger partial charge in [0, 0.05) is 10.7 Å². The minimum absolute atomic E-state index is 0.125. The third-order valence-electron chi connectivity index (χ3n) is 1.95.